The van der Waals surface area contributed by atoms with E-state index in [1.807, 2.05) is 11.8 Å². The Morgan fingerprint density at radius 2 is 2.20 bits per heavy atom. The van der Waals surface area contributed by atoms with Gasteiger partial charge in [0.15, 0.2) is 11.5 Å². The predicted molar refractivity (Wildman–Crippen MR) is 79.3 cm³/mol. The molecule has 0 aliphatic rings. The van der Waals surface area contributed by atoms with Gasteiger partial charge in [0.25, 0.3) is 0 Å². The lowest BCUT2D eigenvalue weighted by Crippen LogP contribution is -2.35. The smallest absolute Gasteiger partial charge is 0.233 e. The van der Waals surface area contributed by atoms with Crippen LogP contribution in [-0.2, 0) is 11.3 Å². The summed E-state index contributed by atoms with van der Waals surface area (Å²) in [6.45, 7) is 3.50. The third-order valence-corrected chi connectivity index (χ3v) is 3.14. The van der Waals surface area contributed by atoms with E-state index < -0.39 is 0 Å². The van der Waals surface area contributed by atoms with E-state index >= 15 is 0 Å². The van der Waals surface area contributed by atoms with Gasteiger partial charge in [0.05, 0.1) is 13.7 Å². The zero-order valence-electron chi connectivity index (χ0n) is 12.1. The fourth-order valence-corrected chi connectivity index (χ4v) is 2.19. The number of carbonyl (C=O) groups excluding carboxylic acids is 1. The topological polar surface area (TPSA) is 61.8 Å². The Balaban J connectivity index is 2.92. The number of rotatable bonds is 7. The van der Waals surface area contributed by atoms with Crippen molar-refractivity contribution < 1.29 is 14.6 Å². The van der Waals surface area contributed by atoms with Crippen LogP contribution in [0.2, 0.25) is 5.02 Å². The van der Waals surface area contributed by atoms with E-state index in [2.05, 4.69) is 5.32 Å². The van der Waals surface area contributed by atoms with E-state index in [0.717, 1.165) is 13.0 Å². The first-order chi connectivity index (χ1) is 9.51. The number of hydrogen-bond acceptors (Lipinski definition) is 4. The molecule has 0 atom stereocenters. The number of amides is 1. The Morgan fingerprint density at radius 3 is 2.75 bits per heavy atom. The number of halogens is 1. The number of nitrogens with one attached hydrogen (secondary N) is 1. The summed E-state index contributed by atoms with van der Waals surface area (Å²) in [5, 5.41) is 13.2. The molecule has 6 heteroatoms. The SMILES string of the molecule is CCCN(CC(=O)NC)Cc1cc(Cl)cc(OC)c1O. The lowest BCUT2D eigenvalue weighted by Gasteiger charge is -2.22. The number of methoxy groups -OCH3 is 1. The van der Waals surface area contributed by atoms with Crippen molar-refractivity contribution >= 4 is 17.5 Å². The van der Waals surface area contributed by atoms with E-state index in [-0.39, 0.29) is 18.2 Å². The zero-order valence-corrected chi connectivity index (χ0v) is 12.8. The highest BCUT2D eigenvalue weighted by molar-refractivity contribution is 6.30. The second-order valence-corrected chi connectivity index (χ2v) is 4.94. The molecule has 5 nitrogen and oxygen atoms in total. The maximum absolute atomic E-state index is 11.5. The van der Waals surface area contributed by atoms with Gasteiger partial charge in [-0.2, -0.15) is 0 Å². The van der Waals surface area contributed by atoms with Crippen molar-refractivity contribution in [2.75, 3.05) is 27.2 Å². The maximum Gasteiger partial charge on any atom is 0.233 e. The van der Waals surface area contributed by atoms with Crippen LogP contribution in [0.4, 0.5) is 0 Å². The maximum atomic E-state index is 11.5. The molecule has 0 aliphatic carbocycles. The number of phenols is 1. The van der Waals surface area contributed by atoms with Gasteiger partial charge in [-0.3, -0.25) is 9.69 Å². The molecule has 20 heavy (non-hydrogen) atoms. The standard InChI is InChI=1S/C14H21ClN2O3/c1-4-5-17(9-13(18)16-2)8-10-6-11(15)7-12(20-3)14(10)19/h6-7,19H,4-5,8-9H2,1-3H3,(H,16,18). The summed E-state index contributed by atoms with van der Waals surface area (Å²) < 4.78 is 5.08. The first-order valence-corrected chi connectivity index (χ1v) is 6.87. The molecule has 112 valence electrons. The predicted octanol–water partition coefficient (Wildman–Crippen LogP) is 2.01. The number of likely N-dealkylation sites (N-methyl/N-ethyl adjacent to an activating group) is 1. The minimum absolute atomic E-state index is 0.0630. The van der Waals surface area contributed by atoms with Crippen molar-refractivity contribution in [2.24, 2.45) is 0 Å². The Hall–Kier alpha value is -1.46. The van der Waals surface area contributed by atoms with Gasteiger partial charge in [-0.25, -0.2) is 0 Å². The van der Waals surface area contributed by atoms with Crippen molar-refractivity contribution in [3.05, 3.63) is 22.7 Å². The lowest BCUT2D eigenvalue weighted by atomic mass is 10.1. The highest BCUT2D eigenvalue weighted by atomic mass is 35.5. The van der Waals surface area contributed by atoms with Gasteiger partial charge in [0.1, 0.15) is 0 Å². The molecule has 0 saturated carbocycles. The van der Waals surface area contributed by atoms with Crippen LogP contribution in [-0.4, -0.2) is 43.2 Å². The minimum Gasteiger partial charge on any atom is -0.504 e. The summed E-state index contributed by atoms with van der Waals surface area (Å²) in [5.41, 5.74) is 0.645. The van der Waals surface area contributed by atoms with Crippen LogP contribution in [0.25, 0.3) is 0 Å². The first kappa shape index (κ1) is 16.6. The molecule has 0 unspecified atom stereocenters. The molecule has 0 saturated heterocycles. The molecular formula is C14H21ClN2O3. The van der Waals surface area contributed by atoms with Crippen molar-refractivity contribution in [2.45, 2.75) is 19.9 Å². The van der Waals surface area contributed by atoms with E-state index in [1.165, 1.54) is 7.11 Å². The summed E-state index contributed by atoms with van der Waals surface area (Å²) in [6, 6.07) is 3.25. The molecule has 1 aromatic carbocycles. The second-order valence-electron chi connectivity index (χ2n) is 4.50. The third-order valence-electron chi connectivity index (χ3n) is 2.92. The molecule has 0 radical (unpaired) electrons. The van der Waals surface area contributed by atoms with E-state index in [1.54, 1.807) is 19.2 Å². The number of nitrogens with zero attached hydrogens (tertiary/aromatic N) is 1. The van der Waals surface area contributed by atoms with Crippen molar-refractivity contribution in [1.82, 2.24) is 10.2 Å². The number of carbonyl (C=O) groups is 1. The normalized spacial score (nSPS) is 10.7. The minimum atomic E-state index is -0.0630. The van der Waals surface area contributed by atoms with Crippen molar-refractivity contribution in [3.8, 4) is 11.5 Å². The highest BCUT2D eigenvalue weighted by Gasteiger charge is 2.15. The summed E-state index contributed by atoms with van der Waals surface area (Å²) in [6.07, 6.45) is 0.912. The van der Waals surface area contributed by atoms with Crippen molar-refractivity contribution in [3.63, 3.8) is 0 Å². The quantitative estimate of drug-likeness (QED) is 0.809. The molecule has 2 N–H and O–H groups in total. The molecule has 0 fully saturated rings. The summed E-state index contributed by atoms with van der Waals surface area (Å²) in [4.78, 5) is 13.4. The first-order valence-electron chi connectivity index (χ1n) is 6.50. The molecule has 0 aliphatic heterocycles. The van der Waals surface area contributed by atoms with Crippen LogP contribution in [0.5, 0.6) is 11.5 Å². The summed E-state index contributed by atoms with van der Waals surface area (Å²) in [5.74, 6) is 0.339. The fraction of sp³-hybridized carbons (Fsp3) is 0.500. The van der Waals surface area contributed by atoms with Gasteiger partial charge >= 0.3 is 0 Å². The molecule has 1 rings (SSSR count). The monoisotopic (exact) mass is 300 g/mol. The number of ether oxygens (including phenoxy) is 1. The fourth-order valence-electron chi connectivity index (χ4n) is 1.96. The Labute approximate surface area is 124 Å². The Bertz CT molecular complexity index is 466. The largest absolute Gasteiger partial charge is 0.504 e. The average molecular weight is 301 g/mol. The molecule has 0 aromatic heterocycles. The lowest BCUT2D eigenvalue weighted by molar-refractivity contribution is -0.121. The van der Waals surface area contributed by atoms with Gasteiger partial charge in [0, 0.05) is 30.2 Å². The van der Waals surface area contributed by atoms with Gasteiger partial charge in [-0.15, -0.1) is 0 Å². The van der Waals surface area contributed by atoms with Crippen LogP contribution in [0.15, 0.2) is 12.1 Å². The Kier molecular flexibility index (Phi) is 6.61. The average Bonchev–Trinajstić information content (AvgIpc) is 2.42. The third kappa shape index (κ3) is 4.58. The van der Waals surface area contributed by atoms with Crippen LogP contribution < -0.4 is 10.1 Å². The second kappa shape index (κ2) is 7.97. The van der Waals surface area contributed by atoms with Gasteiger partial charge in [-0.1, -0.05) is 18.5 Å². The van der Waals surface area contributed by atoms with E-state index in [4.69, 9.17) is 16.3 Å². The number of benzene rings is 1. The molecule has 0 spiro atoms. The number of phenolic OH excluding ortho intramolecular Hbond substituents is 1. The van der Waals surface area contributed by atoms with E-state index in [9.17, 15) is 9.90 Å². The highest BCUT2D eigenvalue weighted by Crippen LogP contribution is 2.34. The van der Waals surface area contributed by atoms with Gasteiger partial charge < -0.3 is 15.2 Å². The number of hydrogen-bond donors (Lipinski definition) is 2. The van der Waals surface area contributed by atoms with Crippen LogP contribution in [0.1, 0.15) is 18.9 Å². The van der Waals surface area contributed by atoms with E-state index in [0.29, 0.717) is 22.9 Å². The van der Waals surface area contributed by atoms with Gasteiger partial charge in [-0.05, 0) is 19.0 Å². The molecule has 1 amide bonds. The van der Waals surface area contributed by atoms with Crippen LogP contribution >= 0.6 is 11.6 Å². The molecule has 1 aromatic rings. The number of aromatic hydroxyl groups is 1. The summed E-state index contributed by atoms with van der Waals surface area (Å²) in [7, 11) is 3.08. The zero-order chi connectivity index (χ0) is 15.1. The molecule has 0 heterocycles. The van der Waals surface area contributed by atoms with Gasteiger partial charge in [0.2, 0.25) is 5.91 Å². The van der Waals surface area contributed by atoms with Crippen molar-refractivity contribution in [1.29, 1.82) is 0 Å². The Morgan fingerprint density at radius 1 is 1.50 bits per heavy atom. The molecular weight excluding hydrogens is 280 g/mol. The van der Waals surface area contributed by atoms with Crippen LogP contribution in [0, 0.1) is 0 Å². The van der Waals surface area contributed by atoms with Crippen LogP contribution in [0.3, 0.4) is 0 Å². The summed E-state index contributed by atoms with van der Waals surface area (Å²) >= 11 is 6.01. The molecule has 0 bridgehead atoms.